The molecule has 0 unspecified atom stereocenters. The molecule has 1 heterocycles. The third kappa shape index (κ3) is 6.27. The predicted octanol–water partition coefficient (Wildman–Crippen LogP) is 6.13. The third-order valence-corrected chi connectivity index (χ3v) is 7.50. The van der Waals surface area contributed by atoms with E-state index >= 15 is 0 Å². The number of carbonyl (C=O) groups is 1. The quantitative estimate of drug-likeness (QED) is 0.205. The molecule has 0 saturated carbocycles. The molecule has 0 aliphatic rings. The van der Waals surface area contributed by atoms with Gasteiger partial charge >= 0.3 is 0 Å². The highest BCUT2D eigenvalue weighted by Gasteiger charge is 2.23. The molecule has 0 aliphatic carbocycles. The van der Waals surface area contributed by atoms with Gasteiger partial charge in [0.25, 0.3) is 5.91 Å². The number of hydrazone groups is 1. The number of aryl methyl sites for hydroxylation is 1. The first-order chi connectivity index (χ1) is 18.0. The molecule has 0 bridgehead atoms. The zero-order valence-corrected chi connectivity index (χ0v) is 23.3. The molecule has 0 radical (unpaired) electrons. The van der Waals surface area contributed by atoms with Gasteiger partial charge in [0.1, 0.15) is 0 Å². The lowest BCUT2D eigenvalue weighted by Crippen LogP contribution is -2.32. The predicted molar refractivity (Wildman–Crippen MR) is 154 cm³/mol. The summed E-state index contributed by atoms with van der Waals surface area (Å²) >= 11 is 12.4. The molecule has 10 heteroatoms. The van der Waals surface area contributed by atoms with Crippen LogP contribution in [0.4, 0.5) is 5.69 Å². The van der Waals surface area contributed by atoms with Gasteiger partial charge in [-0.15, -0.1) is 0 Å². The largest absolute Gasteiger partial charge is 0.318 e. The molecule has 1 N–H and O–H groups in total. The highest BCUT2D eigenvalue weighted by Crippen LogP contribution is 2.27. The van der Waals surface area contributed by atoms with Gasteiger partial charge in [-0.2, -0.15) is 5.10 Å². The maximum absolute atomic E-state index is 13.1. The van der Waals surface area contributed by atoms with E-state index in [0.717, 1.165) is 34.5 Å². The third-order valence-electron chi connectivity index (χ3n) is 5.93. The summed E-state index contributed by atoms with van der Waals surface area (Å²) in [6.07, 6.45) is 2.66. The van der Waals surface area contributed by atoms with E-state index in [4.69, 9.17) is 23.2 Å². The summed E-state index contributed by atoms with van der Waals surface area (Å²) in [5.74, 6) is -0.533. The van der Waals surface area contributed by atoms with Crippen molar-refractivity contribution in [3.63, 3.8) is 0 Å². The second-order valence-electron chi connectivity index (χ2n) is 8.76. The number of benzene rings is 3. The number of nitrogens with zero attached hydrogens (tertiary/aromatic N) is 3. The molecule has 1 aromatic heterocycles. The van der Waals surface area contributed by atoms with E-state index in [-0.39, 0.29) is 17.8 Å². The van der Waals surface area contributed by atoms with E-state index in [9.17, 15) is 13.2 Å². The average Bonchev–Trinajstić information content (AvgIpc) is 3.14. The van der Waals surface area contributed by atoms with Gasteiger partial charge in [0, 0.05) is 32.7 Å². The van der Waals surface area contributed by atoms with Crippen LogP contribution in [-0.2, 0) is 16.6 Å². The van der Waals surface area contributed by atoms with Crippen molar-refractivity contribution in [2.45, 2.75) is 20.4 Å². The van der Waals surface area contributed by atoms with Crippen LogP contribution in [0.2, 0.25) is 10.0 Å². The van der Waals surface area contributed by atoms with Gasteiger partial charge < -0.3 is 4.57 Å². The Hall–Kier alpha value is -3.59. The second-order valence-corrected chi connectivity index (χ2v) is 11.5. The minimum atomic E-state index is -3.68. The highest BCUT2D eigenvalue weighted by molar-refractivity contribution is 7.92. The average molecular weight is 570 g/mol. The van der Waals surface area contributed by atoms with Crippen LogP contribution < -0.4 is 9.73 Å². The second kappa shape index (κ2) is 11.4. The molecule has 1 amide bonds. The Morgan fingerprint density at radius 3 is 2.26 bits per heavy atom. The molecule has 4 aromatic rings. The number of para-hydroxylation sites is 1. The number of anilines is 1. The van der Waals surface area contributed by atoms with Gasteiger partial charge in [0.15, 0.2) is 0 Å². The number of sulfonamides is 1. The Bertz CT molecular complexity index is 1600. The molecule has 0 saturated heterocycles. The molecule has 7 nitrogen and oxygen atoms in total. The fourth-order valence-corrected chi connectivity index (χ4v) is 5.63. The zero-order valence-electron chi connectivity index (χ0n) is 21.0. The molecule has 3 aromatic carbocycles. The van der Waals surface area contributed by atoms with Gasteiger partial charge in [0.05, 0.1) is 30.3 Å². The van der Waals surface area contributed by atoms with Crippen LogP contribution in [0.5, 0.6) is 0 Å². The summed E-state index contributed by atoms with van der Waals surface area (Å²) in [5.41, 5.74) is 7.19. The Balaban J connectivity index is 1.58. The van der Waals surface area contributed by atoms with Gasteiger partial charge in [-0.05, 0) is 55.8 Å². The molecule has 196 valence electrons. The summed E-state index contributed by atoms with van der Waals surface area (Å²) in [5, 5.41) is 5.20. The van der Waals surface area contributed by atoms with E-state index in [1.165, 1.54) is 4.31 Å². The normalized spacial score (nSPS) is 11.6. The van der Waals surface area contributed by atoms with Gasteiger partial charge in [0.2, 0.25) is 10.0 Å². The minimum absolute atomic E-state index is 0.0900. The number of carbonyl (C=O) groups excluding carboxylic acids is 1. The fourth-order valence-electron chi connectivity index (χ4n) is 4.22. The Morgan fingerprint density at radius 1 is 0.974 bits per heavy atom. The lowest BCUT2D eigenvalue weighted by molar-refractivity contribution is 0.0955. The Morgan fingerprint density at radius 2 is 1.61 bits per heavy atom. The maximum atomic E-state index is 13.1. The van der Waals surface area contributed by atoms with Crippen molar-refractivity contribution in [3.8, 4) is 5.69 Å². The summed E-state index contributed by atoms with van der Waals surface area (Å²) < 4.78 is 28.6. The number of nitrogens with one attached hydrogen (secondary N) is 1. The number of aromatic nitrogens is 1. The SMILES string of the molecule is Cc1cc(/C=N\NC(=O)c2ccccc2N(Cc2ccccc2)S(C)(=O)=O)c(C)n1-c1cc(Cl)cc(Cl)c1. The molecule has 4 rings (SSSR count). The first kappa shape index (κ1) is 27.4. The fraction of sp³-hybridized carbons (Fsp3) is 0.143. The standard InChI is InChI=1S/C28H26Cl2N4O3S/c1-19-13-22(20(2)34(19)25-15-23(29)14-24(30)16-25)17-31-32-28(35)26-11-7-8-12-27(26)33(38(3,36)37)18-21-9-5-4-6-10-21/h4-17H,18H2,1-3H3,(H,32,35)/b31-17-. The summed E-state index contributed by atoms with van der Waals surface area (Å²) in [7, 11) is -3.68. The van der Waals surface area contributed by atoms with Crippen molar-refractivity contribution >= 4 is 51.0 Å². The van der Waals surface area contributed by atoms with E-state index in [1.807, 2.05) is 66.9 Å². The zero-order chi connectivity index (χ0) is 27.4. The van der Waals surface area contributed by atoms with Crippen molar-refractivity contribution in [2.75, 3.05) is 10.6 Å². The Kier molecular flexibility index (Phi) is 8.26. The number of hydrogen-bond donors (Lipinski definition) is 1. The van der Waals surface area contributed by atoms with Crippen molar-refractivity contribution in [3.05, 3.63) is 117 Å². The minimum Gasteiger partial charge on any atom is -0.318 e. The first-order valence-corrected chi connectivity index (χ1v) is 14.2. The van der Waals surface area contributed by atoms with Crippen molar-refractivity contribution in [1.82, 2.24) is 9.99 Å². The number of rotatable bonds is 8. The highest BCUT2D eigenvalue weighted by atomic mass is 35.5. The van der Waals surface area contributed by atoms with E-state index < -0.39 is 15.9 Å². The molecule has 0 aliphatic heterocycles. The molecule has 0 fully saturated rings. The molecular weight excluding hydrogens is 543 g/mol. The summed E-state index contributed by atoms with van der Waals surface area (Å²) in [6.45, 7) is 3.96. The summed E-state index contributed by atoms with van der Waals surface area (Å²) in [4.78, 5) is 13.1. The van der Waals surface area contributed by atoms with Gasteiger partial charge in [-0.3, -0.25) is 9.10 Å². The van der Waals surface area contributed by atoms with Gasteiger partial charge in [-0.25, -0.2) is 13.8 Å². The molecule has 0 spiro atoms. The van der Waals surface area contributed by atoms with E-state index in [0.29, 0.717) is 10.0 Å². The lowest BCUT2D eigenvalue weighted by atomic mass is 10.1. The topological polar surface area (TPSA) is 83.8 Å². The van der Waals surface area contributed by atoms with Crippen LogP contribution in [0, 0.1) is 13.8 Å². The smallest absolute Gasteiger partial charge is 0.273 e. The molecular formula is C28H26Cl2N4O3S. The van der Waals surface area contributed by atoms with Crippen LogP contribution in [-0.4, -0.2) is 31.4 Å². The van der Waals surface area contributed by atoms with Crippen LogP contribution in [0.25, 0.3) is 5.69 Å². The monoisotopic (exact) mass is 568 g/mol. The van der Waals surface area contributed by atoms with Crippen LogP contribution in [0.3, 0.4) is 0 Å². The Labute approximate surface area is 232 Å². The number of amides is 1. The maximum Gasteiger partial charge on any atom is 0.273 e. The number of halogens is 2. The van der Waals surface area contributed by atoms with Crippen LogP contribution >= 0.6 is 23.2 Å². The van der Waals surface area contributed by atoms with Crippen molar-refractivity contribution in [1.29, 1.82) is 0 Å². The number of hydrogen-bond acceptors (Lipinski definition) is 4. The molecule has 38 heavy (non-hydrogen) atoms. The van der Waals surface area contributed by atoms with Crippen LogP contribution in [0.15, 0.2) is 84.0 Å². The van der Waals surface area contributed by atoms with E-state index in [1.54, 1.807) is 36.5 Å². The van der Waals surface area contributed by atoms with Crippen molar-refractivity contribution in [2.24, 2.45) is 5.10 Å². The first-order valence-electron chi connectivity index (χ1n) is 11.6. The van der Waals surface area contributed by atoms with Crippen LogP contribution in [0.1, 0.15) is 32.9 Å². The lowest BCUT2D eigenvalue weighted by Gasteiger charge is -2.24. The van der Waals surface area contributed by atoms with Crippen molar-refractivity contribution < 1.29 is 13.2 Å². The van der Waals surface area contributed by atoms with Gasteiger partial charge in [-0.1, -0.05) is 65.7 Å². The summed E-state index contributed by atoms with van der Waals surface area (Å²) in [6, 6.07) is 23.0. The van der Waals surface area contributed by atoms with E-state index in [2.05, 4.69) is 10.5 Å². The molecule has 0 atom stereocenters.